The zero-order valence-corrected chi connectivity index (χ0v) is 18.6. The molecule has 0 aliphatic carbocycles. The molecular formula is C24H33N3O5. The van der Waals surface area contributed by atoms with Crippen LogP contribution in [0.2, 0.25) is 0 Å². The minimum Gasteiger partial charge on any atom is -0.396 e. The normalized spacial score (nSPS) is 30.4. The second kappa shape index (κ2) is 9.58. The average Bonchev–Trinajstić information content (AvgIpc) is 3.45. The molecule has 4 rings (SSSR count). The van der Waals surface area contributed by atoms with E-state index in [4.69, 9.17) is 9.84 Å². The van der Waals surface area contributed by atoms with Crippen molar-refractivity contribution in [1.29, 1.82) is 0 Å². The second-order valence-electron chi connectivity index (χ2n) is 9.04. The van der Waals surface area contributed by atoms with Crippen LogP contribution in [0.3, 0.4) is 0 Å². The number of carbonyl (C=O) groups is 3. The Kier molecular flexibility index (Phi) is 6.81. The Balaban J connectivity index is 1.55. The highest BCUT2D eigenvalue weighted by atomic mass is 16.5. The number of unbranched alkanes of at least 4 members (excludes halogenated alkanes) is 3. The van der Waals surface area contributed by atoms with E-state index in [9.17, 15) is 14.4 Å². The molecule has 3 heterocycles. The third-order valence-electron chi connectivity index (χ3n) is 7.21. The molecule has 1 aromatic carbocycles. The number of ether oxygens (including phenoxy) is 1. The predicted octanol–water partition coefficient (Wildman–Crippen LogP) is 0.976. The van der Waals surface area contributed by atoms with Crippen LogP contribution in [0, 0.1) is 11.8 Å². The van der Waals surface area contributed by atoms with Crippen LogP contribution < -0.4 is 10.6 Å². The quantitative estimate of drug-likeness (QED) is 0.467. The second-order valence-corrected chi connectivity index (χ2v) is 9.04. The number of fused-ring (bicyclic) bond motifs is 1. The largest absolute Gasteiger partial charge is 0.396 e. The molecule has 2 bridgehead atoms. The van der Waals surface area contributed by atoms with Gasteiger partial charge >= 0.3 is 0 Å². The van der Waals surface area contributed by atoms with Crippen LogP contribution in [0.4, 0.5) is 0 Å². The Morgan fingerprint density at radius 3 is 2.62 bits per heavy atom. The fourth-order valence-electron chi connectivity index (χ4n) is 5.79. The summed E-state index contributed by atoms with van der Waals surface area (Å²) in [5.74, 6) is -1.74. The van der Waals surface area contributed by atoms with Crippen molar-refractivity contribution in [2.75, 3.05) is 20.2 Å². The molecule has 3 aliphatic heterocycles. The molecule has 1 aromatic rings. The Bertz CT molecular complexity index is 847. The molecule has 174 valence electrons. The van der Waals surface area contributed by atoms with Crippen LogP contribution in [0.25, 0.3) is 0 Å². The summed E-state index contributed by atoms with van der Waals surface area (Å²) >= 11 is 0. The highest BCUT2D eigenvalue weighted by Gasteiger charge is 2.74. The first-order chi connectivity index (χ1) is 15.5. The number of amides is 3. The fraction of sp³-hybridized carbons (Fsp3) is 0.625. The molecular weight excluding hydrogens is 410 g/mol. The number of nitrogens with one attached hydrogen (secondary N) is 2. The van der Waals surface area contributed by atoms with Gasteiger partial charge in [-0.3, -0.25) is 14.4 Å². The lowest BCUT2D eigenvalue weighted by atomic mass is 9.70. The van der Waals surface area contributed by atoms with E-state index in [2.05, 4.69) is 10.6 Å². The lowest BCUT2D eigenvalue weighted by Crippen LogP contribution is -2.55. The average molecular weight is 444 g/mol. The molecule has 3 saturated heterocycles. The van der Waals surface area contributed by atoms with E-state index in [1.165, 1.54) is 0 Å². The molecule has 1 spiro atoms. The number of likely N-dealkylation sites (tertiary alicyclic amines) is 1. The van der Waals surface area contributed by atoms with E-state index < -0.39 is 23.5 Å². The molecule has 0 radical (unpaired) electrons. The van der Waals surface area contributed by atoms with Gasteiger partial charge in [-0.15, -0.1) is 0 Å². The number of hydrogen-bond acceptors (Lipinski definition) is 5. The van der Waals surface area contributed by atoms with Crippen LogP contribution in [0.15, 0.2) is 30.3 Å². The van der Waals surface area contributed by atoms with Gasteiger partial charge in [-0.05, 0) is 31.2 Å². The summed E-state index contributed by atoms with van der Waals surface area (Å²) < 4.78 is 6.33. The van der Waals surface area contributed by atoms with Crippen molar-refractivity contribution >= 4 is 17.7 Å². The Morgan fingerprint density at radius 2 is 1.91 bits per heavy atom. The molecule has 3 N–H and O–H groups in total. The molecule has 8 heteroatoms. The smallest absolute Gasteiger partial charge is 0.246 e. The minimum atomic E-state index is -0.940. The van der Waals surface area contributed by atoms with Gasteiger partial charge in [0.1, 0.15) is 11.6 Å². The topological polar surface area (TPSA) is 108 Å². The van der Waals surface area contributed by atoms with Crippen LogP contribution >= 0.6 is 0 Å². The zero-order chi connectivity index (χ0) is 22.7. The highest BCUT2D eigenvalue weighted by molar-refractivity contribution is 5.98. The van der Waals surface area contributed by atoms with Gasteiger partial charge < -0.3 is 25.4 Å². The number of benzene rings is 1. The third-order valence-corrected chi connectivity index (χ3v) is 7.21. The SMILES string of the molecule is CNC(=O)[C@@H]1[C@@H]2CCC3(O2)C(C(=O)NCc2ccccc2)N(CCCCCCO)C(=O)[C@H]13. The minimum absolute atomic E-state index is 0.150. The van der Waals surface area contributed by atoms with Gasteiger partial charge in [0.15, 0.2) is 0 Å². The summed E-state index contributed by atoms with van der Waals surface area (Å²) in [4.78, 5) is 41.3. The lowest BCUT2D eigenvalue weighted by molar-refractivity contribution is -0.142. The van der Waals surface area contributed by atoms with Crippen molar-refractivity contribution in [2.45, 2.75) is 62.8 Å². The summed E-state index contributed by atoms with van der Waals surface area (Å²) in [6.45, 7) is 0.972. The first-order valence-electron chi connectivity index (χ1n) is 11.7. The van der Waals surface area contributed by atoms with E-state index in [0.29, 0.717) is 25.9 Å². The van der Waals surface area contributed by atoms with Gasteiger partial charge in [0.05, 0.1) is 17.9 Å². The molecule has 0 saturated carbocycles. The van der Waals surface area contributed by atoms with Gasteiger partial charge in [-0.1, -0.05) is 43.2 Å². The van der Waals surface area contributed by atoms with Gasteiger partial charge in [0.2, 0.25) is 17.7 Å². The van der Waals surface area contributed by atoms with Crippen LogP contribution in [-0.2, 0) is 25.7 Å². The van der Waals surface area contributed by atoms with Crippen LogP contribution in [0.1, 0.15) is 44.1 Å². The molecule has 3 amide bonds. The van der Waals surface area contributed by atoms with Crippen LogP contribution in [0.5, 0.6) is 0 Å². The van der Waals surface area contributed by atoms with Crippen molar-refractivity contribution in [3.8, 4) is 0 Å². The summed E-state index contributed by atoms with van der Waals surface area (Å²) in [5, 5.41) is 14.7. The number of rotatable bonds is 10. The van der Waals surface area contributed by atoms with Crippen molar-refractivity contribution in [3.05, 3.63) is 35.9 Å². The van der Waals surface area contributed by atoms with Crippen molar-refractivity contribution in [1.82, 2.24) is 15.5 Å². The molecule has 3 fully saturated rings. The Labute approximate surface area is 188 Å². The maximum atomic E-state index is 13.6. The number of carbonyl (C=O) groups excluding carboxylic acids is 3. The fourth-order valence-corrected chi connectivity index (χ4v) is 5.79. The van der Waals surface area contributed by atoms with Gasteiger partial charge in [0.25, 0.3) is 0 Å². The van der Waals surface area contributed by atoms with Gasteiger partial charge in [-0.2, -0.15) is 0 Å². The van der Waals surface area contributed by atoms with E-state index in [1.54, 1.807) is 11.9 Å². The Morgan fingerprint density at radius 1 is 1.16 bits per heavy atom. The maximum absolute atomic E-state index is 13.6. The molecule has 5 atom stereocenters. The number of nitrogens with zero attached hydrogens (tertiary/aromatic N) is 1. The summed E-state index contributed by atoms with van der Waals surface area (Å²) in [6.07, 6.45) is 4.16. The molecule has 0 aromatic heterocycles. The van der Waals surface area contributed by atoms with E-state index in [-0.39, 0.29) is 30.4 Å². The Hall–Kier alpha value is -2.45. The van der Waals surface area contributed by atoms with Gasteiger partial charge in [-0.25, -0.2) is 0 Å². The maximum Gasteiger partial charge on any atom is 0.246 e. The van der Waals surface area contributed by atoms with Crippen molar-refractivity contribution < 1.29 is 24.2 Å². The zero-order valence-electron chi connectivity index (χ0n) is 18.6. The van der Waals surface area contributed by atoms with Crippen molar-refractivity contribution in [3.63, 3.8) is 0 Å². The van der Waals surface area contributed by atoms with Gasteiger partial charge in [0, 0.05) is 26.7 Å². The third kappa shape index (κ3) is 3.90. The standard InChI is InChI=1S/C24H33N3O5/c1-25-21(29)18-17-11-12-24(32-17)19(18)23(31)27(13-7-2-3-8-14-28)20(24)22(30)26-15-16-9-5-4-6-10-16/h4-6,9-10,17-20,28H,2-3,7-8,11-15H2,1H3,(H,25,29)(H,26,30)/t17-,18+,19-,20?,24?/m0/s1. The van der Waals surface area contributed by atoms with E-state index in [1.807, 2.05) is 30.3 Å². The lowest BCUT2D eigenvalue weighted by Gasteiger charge is -2.33. The first-order valence-corrected chi connectivity index (χ1v) is 11.7. The summed E-state index contributed by atoms with van der Waals surface area (Å²) in [7, 11) is 1.57. The monoisotopic (exact) mass is 443 g/mol. The molecule has 2 unspecified atom stereocenters. The number of aliphatic hydroxyl groups excluding tert-OH is 1. The predicted molar refractivity (Wildman–Crippen MR) is 117 cm³/mol. The summed E-state index contributed by atoms with van der Waals surface area (Å²) in [6, 6.07) is 8.92. The molecule has 32 heavy (non-hydrogen) atoms. The number of aliphatic hydroxyl groups is 1. The van der Waals surface area contributed by atoms with Crippen molar-refractivity contribution in [2.24, 2.45) is 11.8 Å². The van der Waals surface area contributed by atoms with Crippen LogP contribution in [-0.4, -0.2) is 65.7 Å². The number of hydrogen-bond donors (Lipinski definition) is 3. The first kappa shape index (κ1) is 22.7. The molecule has 8 nitrogen and oxygen atoms in total. The summed E-state index contributed by atoms with van der Waals surface area (Å²) in [5.41, 5.74) is 0.0415. The van der Waals surface area contributed by atoms with E-state index in [0.717, 1.165) is 31.2 Å². The molecule has 3 aliphatic rings. The van der Waals surface area contributed by atoms with E-state index >= 15 is 0 Å². The highest BCUT2D eigenvalue weighted by Crippen LogP contribution is 2.58.